The lowest BCUT2D eigenvalue weighted by atomic mass is 10.0. The third kappa shape index (κ3) is 6.22. The minimum atomic E-state index is 0.0779. The summed E-state index contributed by atoms with van der Waals surface area (Å²) in [6.07, 6.45) is 7.50. The zero-order valence-electron chi connectivity index (χ0n) is 12.5. The number of nitrogens with one attached hydrogen (secondary N) is 1. The van der Waals surface area contributed by atoms with Crippen molar-refractivity contribution in [2.24, 2.45) is 0 Å². The van der Waals surface area contributed by atoms with Gasteiger partial charge >= 0.3 is 0 Å². The fourth-order valence-corrected chi connectivity index (χ4v) is 2.28. The van der Waals surface area contributed by atoms with E-state index in [2.05, 4.69) is 43.4 Å². The van der Waals surface area contributed by atoms with Crippen molar-refractivity contribution in [1.29, 1.82) is 0 Å². The van der Waals surface area contributed by atoms with Crippen LogP contribution in [0.15, 0.2) is 24.3 Å². The van der Waals surface area contributed by atoms with Crippen LogP contribution >= 0.6 is 0 Å². The van der Waals surface area contributed by atoms with Crippen molar-refractivity contribution in [3.05, 3.63) is 35.4 Å². The highest BCUT2D eigenvalue weighted by Gasteiger charge is 2.08. The first-order valence-corrected chi connectivity index (χ1v) is 7.74. The smallest absolute Gasteiger partial charge is 0.0626 e. The van der Waals surface area contributed by atoms with Gasteiger partial charge in [0.05, 0.1) is 12.6 Å². The summed E-state index contributed by atoms with van der Waals surface area (Å²) < 4.78 is 0. The lowest BCUT2D eigenvalue weighted by Crippen LogP contribution is -2.25. The summed E-state index contributed by atoms with van der Waals surface area (Å²) in [5.74, 6) is 0. The molecule has 1 unspecified atom stereocenters. The molecule has 0 aliphatic carbocycles. The van der Waals surface area contributed by atoms with E-state index in [-0.39, 0.29) is 12.6 Å². The molecule has 2 N–H and O–H groups in total. The van der Waals surface area contributed by atoms with Crippen LogP contribution in [-0.2, 0) is 6.42 Å². The van der Waals surface area contributed by atoms with Crippen molar-refractivity contribution >= 4 is 0 Å². The van der Waals surface area contributed by atoms with Gasteiger partial charge in [0.25, 0.3) is 0 Å². The molecule has 0 bridgehead atoms. The predicted octanol–water partition coefficient (Wildman–Crippen LogP) is 3.84. The Morgan fingerprint density at radius 3 is 2.32 bits per heavy atom. The molecule has 0 aliphatic heterocycles. The van der Waals surface area contributed by atoms with Crippen molar-refractivity contribution in [1.82, 2.24) is 5.32 Å². The van der Waals surface area contributed by atoms with Crippen molar-refractivity contribution in [3.8, 4) is 0 Å². The average molecular weight is 263 g/mol. The summed E-state index contributed by atoms with van der Waals surface area (Å²) in [5.41, 5.74) is 2.60. The normalized spacial score (nSPS) is 12.6. The van der Waals surface area contributed by atoms with Gasteiger partial charge in [-0.1, -0.05) is 57.4 Å². The molecular weight excluding hydrogens is 234 g/mol. The fraction of sp³-hybridized carbons (Fsp3) is 0.647. The molecule has 1 rings (SSSR count). The number of aryl methyl sites for hydroxylation is 1. The van der Waals surface area contributed by atoms with Crippen LogP contribution in [-0.4, -0.2) is 18.3 Å². The zero-order chi connectivity index (χ0) is 13.9. The molecular formula is C17H29NO. The van der Waals surface area contributed by atoms with Crippen LogP contribution < -0.4 is 5.32 Å². The Kier molecular flexibility index (Phi) is 8.52. The van der Waals surface area contributed by atoms with E-state index in [1.165, 1.54) is 43.2 Å². The van der Waals surface area contributed by atoms with Crippen LogP contribution in [0.1, 0.15) is 63.1 Å². The van der Waals surface area contributed by atoms with E-state index >= 15 is 0 Å². The summed E-state index contributed by atoms with van der Waals surface area (Å²) in [5, 5.41) is 12.8. The van der Waals surface area contributed by atoms with Crippen LogP contribution in [0.3, 0.4) is 0 Å². The lowest BCUT2D eigenvalue weighted by Gasteiger charge is -2.16. The first-order chi connectivity index (χ1) is 9.31. The van der Waals surface area contributed by atoms with Crippen molar-refractivity contribution in [2.45, 2.75) is 58.4 Å². The molecule has 0 fully saturated rings. The summed E-state index contributed by atoms with van der Waals surface area (Å²) in [4.78, 5) is 0. The molecule has 0 spiro atoms. The van der Waals surface area contributed by atoms with Crippen LogP contribution in [0.25, 0.3) is 0 Å². The summed E-state index contributed by atoms with van der Waals surface area (Å²) in [7, 11) is 0. The molecule has 19 heavy (non-hydrogen) atoms. The molecule has 0 saturated heterocycles. The number of hydrogen-bond acceptors (Lipinski definition) is 2. The Morgan fingerprint density at radius 1 is 1.00 bits per heavy atom. The molecule has 0 aliphatic rings. The van der Waals surface area contributed by atoms with E-state index in [9.17, 15) is 5.11 Å². The number of benzene rings is 1. The molecule has 1 atom stereocenters. The Hall–Kier alpha value is -0.860. The molecule has 108 valence electrons. The Bertz CT molecular complexity index is 321. The van der Waals surface area contributed by atoms with Gasteiger partial charge in [0.2, 0.25) is 0 Å². The summed E-state index contributed by atoms with van der Waals surface area (Å²) in [6, 6.07) is 8.79. The maximum absolute atomic E-state index is 9.41. The second-order valence-corrected chi connectivity index (χ2v) is 5.24. The SMILES string of the molecule is CCCCCCc1ccc(C(CO)NCCC)cc1. The highest BCUT2D eigenvalue weighted by molar-refractivity contribution is 5.25. The Morgan fingerprint density at radius 2 is 1.74 bits per heavy atom. The molecule has 1 aromatic carbocycles. The minimum absolute atomic E-state index is 0.0779. The zero-order valence-corrected chi connectivity index (χ0v) is 12.5. The number of hydrogen-bond donors (Lipinski definition) is 2. The lowest BCUT2D eigenvalue weighted by molar-refractivity contribution is 0.245. The van der Waals surface area contributed by atoms with Gasteiger partial charge in [-0.3, -0.25) is 0 Å². The van der Waals surface area contributed by atoms with Gasteiger partial charge in [-0.15, -0.1) is 0 Å². The molecule has 1 aromatic rings. The quantitative estimate of drug-likeness (QED) is 0.629. The topological polar surface area (TPSA) is 32.3 Å². The third-order valence-electron chi connectivity index (χ3n) is 3.52. The van der Waals surface area contributed by atoms with Crippen molar-refractivity contribution in [2.75, 3.05) is 13.2 Å². The third-order valence-corrected chi connectivity index (χ3v) is 3.52. The van der Waals surface area contributed by atoms with E-state index < -0.39 is 0 Å². The fourth-order valence-electron chi connectivity index (χ4n) is 2.28. The van der Waals surface area contributed by atoms with Crippen molar-refractivity contribution in [3.63, 3.8) is 0 Å². The predicted molar refractivity (Wildman–Crippen MR) is 82.4 cm³/mol. The molecule has 0 heterocycles. The number of unbranched alkanes of at least 4 members (excludes halogenated alkanes) is 3. The van der Waals surface area contributed by atoms with Crippen molar-refractivity contribution < 1.29 is 5.11 Å². The van der Waals surface area contributed by atoms with Crippen LogP contribution in [0.2, 0.25) is 0 Å². The van der Waals surface area contributed by atoms with Crippen LogP contribution in [0.5, 0.6) is 0 Å². The maximum atomic E-state index is 9.41. The largest absolute Gasteiger partial charge is 0.394 e. The number of aliphatic hydroxyl groups excluding tert-OH is 1. The highest BCUT2D eigenvalue weighted by Crippen LogP contribution is 2.15. The standard InChI is InChI=1S/C17H29NO/c1-3-5-6-7-8-15-9-11-16(12-10-15)17(14-19)18-13-4-2/h9-12,17-19H,3-8,13-14H2,1-2H3. The van der Waals surface area contributed by atoms with E-state index in [1.807, 2.05) is 0 Å². The van der Waals surface area contributed by atoms with E-state index in [0.29, 0.717) is 0 Å². The Labute approximate surface area is 118 Å². The van der Waals surface area contributed by atoms with E-state index in [1.54, 1.807) is 0 Å². The molecule has 0 amide bonds. The van der Waals surface area contributed by atoms with Gasteiger partial charge in [0.15, 0.2) is 0 Å². The molecule has 0 saturated carbocycles. The van der Waals surface area contributed by atoms with Crippen LogP contribution in [0, 0.1) is 0 Å². The van der Waals surface area contributed by atoms with E-state index in [4.69, 9.17) is 0 Å². The monoisotopic (exact) mass is 263 g/mol. The first kappa shape index (κ1) is 16.2. The van der Waals surface area contributed by atoms with Gasteiger partial charge < -0.3 is 10.4 Å². The number of rotatable bonds is 10. The highest BCUT2D eigenvalue weighted by atomic mass is 16.3. The molecule has 0 aromatic heterocycles. The average Bonchev–Trinajstić information content (AvgIpc) is 2.46. The second kappa shape index (κ2) is 9.99. The molecule has 0 radical (unpaired) electrons. The molecule has 2 heteroatoms. The van der Waals surface area contributed by atoms with Gasteiger partial charge in [0.1, 0.15) is 0 Å². The maximum Gasteiger partial charge on any atom is 0.0626 e. The summed E-state index contributed by atoms with van der Waals surface area (Å²) in [6.45, 7) is 5.49. The van der Waals surface area contributed by atoms with E-state index in [0.717, 1.165) is 13.0 Å². The van der Waals surface area contributed by atoms with Gasteiger partial charge in [-0.05, 0) is 36.9 Å². The second-order valence-electron chi connectivity index (χ2n) is 5.24. The van der Waals surface area contributed by atoms with Gasteiger partial charge in [-0.25, -0.2) is 0 Å². The van der Waals surface area contributed by atoms with Gasteiger partial charge in [0, 0.05) is 0 Å². The Balaban J connectivity index is 2.45. The molecule has 2 nitrogen and oxygen atoms in total. The van der Waals surface area contributed by atoms with Crippen LogP contribution in [0.4, 0.5) is 0 Å². The first-order valence-electron chi connectivity index (χ1n) is 7.74. The number of aliphatic hydroxyl groups is 1. The summed E-state index contributed by atoms with van der Waals surface area (Å²) >= 11 is 0. The minimum Gasteiger partial charge on any atom is -0.394 e. The van der Waals surface area contributed by atoms with Gasteiger partial charge in [-0.2, -0.15) is 0 Å².